The standard InChI is InChI=1S/C33H31NO3/c1-6-36-32-23(5)33-28(29(19-37-33)26-13-9-11-24-10-7-8-12-25(24)26)18-27(32)21(3)17-31(35)34-30-15-14-20(2)16-22(30)4/h7-19H,6H2,1-5H3,(H,34,35)/b21-17+. The summed E-state index contributed by atoms with van der Waals surface area (Å²) in [6.45, 7) is 10.5. The van der Waals surface area contributed by atoms with E-state index < -0.39 is 0 Å². The lowest BCUT2D eigenvalue weighted by Gasteiger charge is -2.15. The number of aryl methyl sites for hydroxylation is 3. The first-order valence-corrected chi connectivity index (χ1v) is 12.6. The Morgan fingerprint density at radius 1 is 0.946 bits per heavy atom. The maximum absolute atomic E-state index is 13.0. The minimum absolute atomic E-state index is 0.175. The molecule has 0 bridgehead atoms. The molecule has 1 aromatic heterocycles. The zero-order valence-corrected chi connectivity index (χ0v) is 21.9. The van der Waals surface area contributed by atoms with E-state index in [-0.39, 0.29) is 5.91 Å². The number of anilines is 1. The van der Waals surface area contributed by atoms with Gasteiger partial charge in [0.05, 0.1) is 12.9 Å². The molecule has 0 aliphatic heterocycles. The number of allylic oxidation sites excluding steroid dienone is 1. The summed E-state index contributed by atoms with van der Waals surface area (Å²) in [6.07, 6.45) is 3.46. The van der Waals surface area contributed by atoms with Crippen molar-refractivity contribution < 1.29 is 13.9 Å². The van der Waals surface area contributed by atoms with Crippen molar-refractivity contribution in [1.29, 1.82) is 0 Å². The van der Waals surface area contributed by atoms with Crippen molar-refractivity contribution in [2.75, 3.05) is 11.9 Å². The molecule has 0 fully saturated rings. The number of hydrogen-bond donors (Lipinski definition) is 1. The van der Waals surface area contributed by atoms with Crippen molar-refractivity contribution in [2.45, 2.75) is 34.6 Å². The maximum atomic E-state index is 13.0. The second kappa shape index (κ2) is 9.98. The number of ether oxygens (including phenoxy) is 1. The molecule has 0 saturated carbocycles. The predicted octanol–water partition coefficient (Wildman–Crippen LogP) is 8.62. The SMILES string of the molecule is CCOc1c(/C(C)=C/C(=O)Nc2ccc(C)cc2C)cc2c(-c3cccc4ccccc34)coc2c1C. The van der Waals surface area contributed by atoms with E-state index in [1.165, 1.54) is 10.8 Å². The van der Waals surface area contributed by atoms with E-state index in [4.69, 9.17) is 9.15 Å². The van der Waals surface area contributed by atoms with Gasteiger partial charge in [0.25, 0.3) is 0 Å². The second-order valence-corrected chi connectivity index (χ2v) is 9.50. The Kier molecular flexibility index (Phi) is 6.58. The number of rotatable bonds is 6. The molecule has 37 heavy (non-hydrogen) atoms. The van der Waals surface area contributed by atoms with Crippen LogP contribution < -0.4 is 10.1 Å². The number of hydrogen-bond acceptors (Lipinski definition) is 3. The molecule has 1 N–H and O–H groups in total. The number of carbonyl (C=O) groups is 1. The summed E-state index contributed by atoms with van der Waals surface area (Å²) < 4.78 is 12.2. The lowest BCUT2D eigenvalue weighted by molar-refractivity contribution is -0.111. The van der Waals surface area contributed by atoms with Gasteiger partial charge < -0.3 is 14.5 Å². The van der Waals surface area contributed by atoms with E-state index in [2.05, 4.69) is 53.8 Å². The third kappa shape index (κ3) is 4.63. The topological polar surface area (TPSA) is 51.5 Å². The zero-order chi connectivity index (χ0) is 26.1. The highest BCUT2D eigenvalue weighted by Gasteiger charge is 2.20. The van der Waals surface area contributed by atoms with Crippen LogP contribution in [0, 0.1) is 20.8 Å². The summed E-state index contributed by atoms with van der Waals surface area (Å²) in [4.78, 5) is 13.0. The quantitative estimate of drug-likeness (QED) is 0.243. The first kappa shape index (κ1) is 24.4. The van der Waals surface area contributed by atoms with Crippen LogP contribution in [0.4, 0.5) is 5.69 Å². The van der Waals surface area contributed by atoms with Crippen molar-refractivity contribution in [3.8, 4) is 16.9 Å². The normalized spacial score (nSPS) is 11.8. The van der Waals surface area contributed by atoms with E-state index in [0.29, 0.717) is 6.61 Å². The molecule has 0 atom stereocenters. The van der Waals surface area contributed by atoms with Crippen molar-refractivity contribution in [3.63, 3.8) is 0 Å². The highest BCUT2D eigenvalue weighted by atomic mass is 16.5. The summed E-state index contributed by atoms with van der Waals surface area (Å²) in [6, 6.07) is 22.8. The van der Waals surface area contributed by atoms with Gasteiger partial charge in [-0.05, 0) is 74.2 Å². The molecule has 5 aromatic rings. The summed E-state index contributed by atoms with van der Waals surface area (Å²) in [7, 11) is 0. The molecule has 4 nitrogen and oxygen atoms in total. The number of furan rings is 1. The van der Waals surface area contributed by atoms with E-state index in [1.54, 1.807) is 6.08 Å². The number of benzene rings is 4. The fourth-order valence-electron chi connectivity index (χ4n) is 5.00. The minimum Gasteiger partial charge on any atom is -0.493 e. The predicted molar refractivity (Wildman–Crippen MR) is 153 cm³/mol. The molecule has 4 aromatic carbocycles. The largest absolute Gasteiger partial charge is 0.493 e. The van der Waals surface area contributed by atoms with Gasteiger partial charge in [-0.2, -0.15) is 0 Å². The molecule has 0 radical (unpaired) electrons. The van der Waals surface area contributed by atoms with Gasteiger partial charge in [-0.15, -0.1) is 0 Å². The lowest BCUT2D eigenvalue weighted by Crippen LogP contribution is -2.10. The van der Waals surface area contributed by atoms with Gasteiger partial charge in [-0.25, -0.2) is 0 Å². The van der Waals surface area contributed by atoms with Crippen molar-refractivity contribution >= 4 is 38.9 Å². The Bertz CT molecular complexity index is 1670. The molecular formula is C33H31NO3. The molecule has 0 spiro atoms. The number of amides is 1. The maximum Gasteiger partial charge on any atom is 0.248 e. The third-order valence-corrected chi connectivity index (χ3v) is 6.82. The van der Waals surface area contributed by atoms with Crippen LogP contribution in [0.3, 0.4) is 0 Å². The molecular weight excluding hydrogens is 458 g/mol. The van der Waals surface area contributed by atoms with Crippen LogP contribution in [0.15, 0.2) is 83.5 Å². The molecule has 1 amide bonds. The van der Waals surface area contributed by atoms with Crippen LogP contribution >= 0.6 is 0 Å². The lowest BCUT2D eigenvalue weighted by atomic mass is 9.94. The second-order valence-electron chi connectivity index (χ2n) is 9.50. The van der Waals surface area contributed by atoms with Gasteiger partial charge in [0.1, 0.15) is 11.3 Å². The van der Waals surface area contributed by atoms with Crippen LogP contribution in [0.1, 0.15) is 36.1 Å². The van der Waals surface area contributed by atoms with Crippen molar-refractivity contribution in [2.24, 2.45) is 0 Å². The Morgan fingerprint density at radius 2 is 1.73 bits per heavy atom. The molecule has 0 aliphatic rings. The van der Waals surface area contributed by atoms with Crippen LogP contribution in [0.25, 0.3) is 38.4 Å². The van der Waals surface area contributed by atoms with E-state index in [1.807, 2.05) is 59.1 Å². The summed E-state index contributed by atoms with van der Waals surface area (Å²) in [5.74, 6) is 0.563. The summed E-state index contributed by atoms with van der Waals surface area (Å²) >= 11 is 0. The van der Waals surface area contributed by atoms with Gasteiger partial charge in [-0.1, -0.05) is 60.2 Å². The average molecular weight is 490 g/mol. The van der Waals surface area contributed by atoms with E-state index in [0.717, 1.165) is 61.4 Å². The van der Waals surface area contributed by atoms with E-state index >= 15 is 0 Å². The monoisotopic (exact) mass is 489 g/mol. The Balaban J connectivity index is 1.62. The van der Waals surface area contributed by atoms with Crippen molar-refractivity contribution in [1.82, 2.24) is 0 Å². The highest BCUT2D eigenvalue weighted by Crippen LogP contribution is 2.42. The van der Waals surface area contributed by atoms with Crippen molar-refractivity contribution in [3.05, 3.63) is 101 Å². The molecule has 5 rings (SSSR count). The molecule has 0 aliphatic carbocycles. The zero-order valence-electron chi connectivity index (χ0n) is 21.9. The van der Waals surface area contributed by atoms with Gasteiger partial charge >= 0.3 is 0 Å². The fraction of sp³-hybridized carbons (Fsp3) is 0.182. The summed E-state index contributed by atoms with van der Waals surface area (Å²) in [5, 5.41) is 6.36. The van der Waals surface area contributed by atoms with Gasteiger partial charge in [-0.3, -0.25) is 4.79 Å². The number of fused-ring (bicyclic) bond motifs is 2. The first-order chi connectivity index (χ1) is 17.9. The minimum atomic E-state index is -0.175. The molecule has 0 unspecified atom stereocenters. The number of nitrogens with one attached hydrogen (secondary N) is 1. The highest BCUT2D eigenvalue weighted by molar-refractivity contribution is 6.08. The van der Waals surface area contributed by atoms with Gasteiger partial charge in [0.2, 0.25) is 5.91 Å². The van der Waals surface area contributed by atoms with E-state index in [9.17, 15) is 4.79 Å². The van der Waals surface area contributed by atoms with Crippen LogP contribution in [-0.2, 0) is 4.79 Å². The third-order valence-electron chi connectivity index (χ3n) is 6.82. The van der Waals surface area contributed by atoms with Gasteiger partial charge in [0.15, 0.2) is 0 Å². The Labute approximate surface area is 217 Å². The van der Waals surface area contributed by atoms with Crippen LogP contribution in [-0.4, -0.2) is 12.5 Å². The smallest absolute Gasteiger partial charge is 0.248 e. The first-order valence-electron chi connectivity index (χ1n) is 12.6. The fourth-order valence-corrected chi connectivity index (χ4v) is 5.00. The molecule has 1 heterocycles. The number of carbonyl (C=O) groups excluding carboxylic acids is 1. The average Bonchev–Trinajstić information content (AvgIpc) is 3.31. The molecule has 0 saturated heterocycles. The Morgan fingerprint density at radius 3 is 2.51 bits per heavy atom. The van der Waals surface area contributed by atoms with Gasteiger partial charge in [0, 0.05) is 33.8 Å². The van der Waals surface area contributed by atoms with Crippen LogP contribution in [0.2, 0.25) is 0 Å². The van der Waals surface area contributed by atoms with Crippen LogP contribution in [0.5, 0.6) is 5.75 Å². The Hall–Kier alpha value is -4.31. The summed E-state index contributed by atoms with van der Waals surface area (Å²) in [5.41, 5.74) is 8.55. The molecule has 4 heteroatoms. The molecule has 186 valence electrons.